The molecule has 17 heavy (non-hydrogen) atoms. The summed E-state index contributed by atoms with van der Waals surface area (Å²) in [5.74, 6) is 0.0681. The summed E-state index contributed by atoms with van der Waals surface area (Å²) < 4.78 is 1.68. The summed E-state index contributed by atoms with van der Waals surface area (Å²) >= 11 is 0. The number of carbonyl (C=O) groups is 1. The molecule has 2 N–H and O–H groups in total. The van der Waals surface area contributed by atoms with Gasteiger partial charge in [0, 0.05) is 32.4 Å². The van der Waals surface area contributed by atoms with Gasteiger partial charge in [-0.15, -0.1) is 12.4 Å². The summed E-state index contributed by atoms with van der Waals surface area (Å²) in [5, 5.41) is 4.19. The van der Waals surface area contributed by atoms with Crippen molar-refractivity contribution in [1.82, 2.24) is 14.7 Å². The van der Waals surface area contributed by atoms with Crippen LogP contribution >= 0.6 is 12.4 Å². The van der Waals surface area contributed by atoms with E-state index in [0.29, 0.717) is 12.1 Å². The van der Waals surface area contributed by atoms with Crippen molar-refractivity contribution in [3.63, 3.8) is 0 Å². The van der Waals surface area contributed by atoms with Crippen LogP contribution in [0.5, 0.6) is 0 Å². The first-order valence-corrected chi connectivity index (χ1v) is 5.64. The highest BCUT2D eigenvalue weighted by molar-refractivity contribution is 5.95. The zero-order valence-electron chi connectivity index (χ0n) is 10.2. The predicted molar refractivity (Wildman–Crippen MR) is 68.3 cm³/mol. The first-order chi connectivity index (χ1) is 7.63. The van der Waals surface area contributed by atoms with Crippen LogP contribution in [0.15, 0.2) is 6.20 Å². The minimum atomic E-state index is 0. The summed E-state index contributed by atoms with van der Waals surface area (Å²) in [4.78, 5) is 14.1. The van der Waals surface area contributed by atoms with Crippen molar-refractivity contribution in [3.05, 3.63) is 17.5 Å². The molecular formula is C11H19ClN4O. The smallest absolute Gasteiger partial charge is 0.257 e. The number of halogens is 1. The fourth-order valence-corrected chi connectivity index (χ4v) is 2.31. The monoisotopic (exact) mass is 258 g/mol. The lowest BCUT2D eigenvalue weighted by atomic mass is 10.2. The number of hydrogen-bond donors (Lipinski definition) is 1. The zero-order valence-corrected chi connectivity index (χ0v) is 11.0. The topological polar surface area (TPSA) is 64.2 Å². The SMILES string of the molecule is Cc1nn(C)cc1C(=O)N1CCCC1CN.Cl. The second kappa shape index (κ2) is 5.51. The van der Waals surface area contributed by atoms with Crippen molar-refractivity contribution in [2.24, 2.45) is 12.8 Å². The Kier molecular flexibility index (Phi) is 4.54. The lowest BCUT2D eigenvalue weighted by Crippen LogP contribution is -2.40. The molecule has 1 unspecified atom stereocenters. The van der Waals surface area contributed by atoms with Crippen LogP contribution in [-0.4, -0.2) is 39.7 Å². The third-order valence-corrected chi connectivity index (χ3v) is 3.15. The van der Waals surface area contributed by atoms with Gasteiger partial charge in [-0.05, 0) is 19.8 Å². The van der Waals surface area contributed by atoms with Crippen molar-refractivity contribution in [1.29, 1.82) is 0 Å². The number of nitrogens with zero attached hydrogens (tertiary/aromatic N) is 3. The van der Waals surface area contributed by atoms with E-state index >= 15 is 0 Å². The Hall–Kier alpha value is -1.07. The summed E-state index contributed by atoms with van der Waals surface area (Å²) in [6.07, 6.45) is 3.85. The van der Waals surface area contributed by atoms with Gasteiger partial charge in [-0.1, -0.05) is 0 Å². The van der Waals surface area contributed by atoms with Gasteiger partial charge in [-0.25, -0.2) is 0 Å². The van der Waals surface area contributed by atoms with Crippen LogP contribution in [-0.2, 0) is 7.05 Å². The maximum absolute atomic E-state index is 12.3. The van der Waals surface area contributed by atoms with Gasteiger partial charge < -0.3 is 10.6 Å². The summed E-state index contributed by atoms with van der Waals surface area (Å²) in [7, 11) is 1.83. The quantitative estimate of drug-likeness (QED) is 0.850. The number of aromatic nitrogens is 2. The normalized spacial score (nSPS) is 19.2. The molecule has 1 atom stereocenters. The number of hydrogen-bond acceptors (Lipinski definition) is 3. The standard InChI is InChI=1S/C11H18N4O.ClH/c1-8-10(7-14(2)13-8)11(16)15-5-3-4-9(15)6-12;/h7,9H,3-6,12H2,1-2H3;1H. The number of carbonyl (C=O) groups excluding carboxylic acids is 1. The van der Waals surface area contributed by atoms with Gasteiger partial charge in [0.2, 0.25) is 0 Å². The maximum atomic E-state index is 12.3. The van der Waals surface area contributed by atoms with Gasteiger partial charge in [-0.2, -0.15) is 5.10 Å². The molecule has 1 aliphatic heterocycles. The average molecular weight is 259 g/mol. The molecule has 0 aliphatic carbocycles. The molecule has 6 heteroatoms. The van der Waals surface area contributed by atoms with E-state index in [1.54, 1.807) is 10.9 Å². The number of amides is 1. The van der Waals surface area contributed by atoms with Gasteiger partial charge in [-0.3, -0.25) is 9.48 Å². The molecule has 0 aromatic carbocycles. The first-order valence-electron chi connectivity index (χ1n) is 5.64. The molecular weight excluding hydrogens is 240 g/mol. The second-order valence-corrected chi connectivity index (χ2v) is 4.33. The molecule has 5 nitrogen and oxygen atoms in total. The van der Waals surface area contributed by atoms with E-state index in [9.17, 15) is 4.79 Å². The molecule has 2 rings (SSSR count). The third kappa shape index (κ3) is 2.61. The average Bonchev–Trinajstić information content (AvgIpc) is 2.83. The lowest BCUT2D eigenvalue weighted by Gasteiger charge is -2.23. The summed E-state index contributed by atoms with van der Waals surface area (Å²) in [6, 6.07) is 0.201. The van der Waals surface area contributed by atoms with Crippen LogP contribution in [0.4, 0.5) is 0 Å². The van der Waals surface area contributed by atoms with Crippen LogP contribution in [0.2, 0.25) is 0 Å². The van der Waals surface area contributed by atoms with Gasteiger partial charge in [0.05, 0.1) is 11.3 Å². The van der Waals surface area contributed by atoms with Crippen molar-refractivity contribution < 1.29 is 4.79 Å². The van der Waals surface area contributed by atoms with Gasteiger partial charge >= 0.3 is 0 Å². The van der Waals surface area contributed by atoms with Crippen LogP contribution in [0.25, 0.3) is 0 Å². The van der Waals surface area contributed by atoms with Crippen molar-refractivity contribution in [2.75, 3.05) is 13.1 Å². The molecule has 0 saturated carbocycles. The van der Waals surface area contributed by atoms with E-state index < -0.39 is 0 Å². The second-order valence-electron chi connectivity index (χ2n) is 4.33. The molecule has 0 radical (unpaired) electrons. The molecule has 1 amide bonds. The molecule has 96 valence electrons. The lowest BCUT2D eigenvalue weighted by molar-refractivity contribution is 0.0740. The Balaban J connectivity index is 0.00000144. The molecule has 1 aliphatic rings. The molecule has 1 aromatic rings. The number of likely N-dealkylation sites (tertiary alicyclic amines) is 1. The van der Waals surface area contributed by atoms with E-state index in [1.807, 2.05) is 18.9 Å². The third-order valence-electron chi connectivity index (χ3n) is 3.15. The largest absolute Gasteiger partial charge is 0.334 e. The van der Waals surface area contributed by atoms with Crippen LogP contribution in [0, 0.1) is 6.92 Å². The minimum Gasteiger partial charge on any atom is -0.334 e. The molecule has 1 aromatic heterocycles. The Morgan fingerprint density at radius 1 is 1.65 bits per heavy atom. The number of nitrogens with two attached hydrogens (primary N) is 1. The minimum absolute atomic E-state index is 0. The highest BCUT2D eigenvalue weighted by Gasteiger charge is 2.29. The van der Waals surface area contributed by atoms with Gasteiger partial charge in [0.1, 0.15) is 0 Å². The highest BCUT2D eigenvalue weighted by atomic mass is 35.5. The first kappa shape index (κ1) is 14.0. The van der Waals surface area contributed by atoms with E-state index in [1.165, 1.54) is 0 Å². The van der Waals surface area contributed by atoms with Crippen molar-refractivity contribution in [3.8, 4) is 0 Å². The van der Waals surface area contributed by atoms with Crippen LogP contribution in [0.3, 0.4) is 0 Å². The Morgan fingerprint density at radius 2 is 2.35 bits per heavy atom. The number of aryl methyl sites for hydroxylation is 2. The highest BCUT2D eigenvalue weighted by Crippen LogP contribution is 2.20. The fourth-order valence-electron chi connectivity index (χ4n) is 2.31. The Bertz CT molecular complexity index is 404. The van der Waals surface area contributed by atoms with E-state index in [0.717, 1.165) is 25.1 Å². The summed E-state index contributed by atoms with van der Waals surface area (Å²) in [5.41, 5.74) is 7.15. The molecule has 1 fully saturated rings. The predicted octanol–water partition coefficient (Wildman–Crippen LogP) is 0.714. The molecule has 2 heterocycles. The molecule has 0 spiro atoms. The van der Waals surface area contributed by atoms with Crippen LogP contribution < -0.4 is 5.73 Å². The zero-order chi connectivity index (χ0) is 11.7. The van der Waals surface area contributed by atoms with Gasteiger partial charge in [0.25, 0.3) is 5.91 Å². The van der Waals surface area contributed by atoms with E-state index in [2.05, 4.69) is 5.10 Å². The van der Waals surface area contributed by atoms with E-state index in [4.69, 9.17) is 5.73 Å². The molecule has 1 saturated heterocycles. The number of rotatable bonds is 2. The Labute approximate surface area is 107 Å². The van der Waals surface area contributed by atoms with Crippen molar-refractivity contribution in [2.45, 2.75) is 25.8 Å². The van der Waals surface area contributed by atoms with Crippen LogP contribution in [0.1, 0.15) is 28.9 Å². The van der Waals surface area contributed by atoms with E-state index in [-0.39, 0.29) is 24.4 Å². The fraction of sp³-hybridized carbons (Fsp3) is 0.636. The Morgan fingerprint density at radius 3 is 2.88 bits per heavy atom. The van der Waals surface area contributed by atoms with Gasteiger partial charge in [0.15, 0.2) is 0 Å². The summed E-state index contributed by atoms with van der Waals surface area (Å²) in [6.45, 7) is 3.22. The molecule has 0 bridgehead atoms. The maximum Gasteiger partial charge on any atom is 0.257 e. The van der Waals surface area contributed by atoms with Crippen molar-refractivity contribution >= 4 is 18.3 Å².